The summed E-state index contributed by atoms with van der Waals surface area (Å²) in [5.74, 6) is 0. The van der Waals surface area contributed by atoms with Crippen molar-refractivity contribution in [2.75, 3.05) is 6.61 Å². The van der Waals surface area contributed by atoms with Crippen LogP contribution in [0.2, 0.25) is 0 Å². The lowest BCUT2D eigenvalue weighted by Crippen LogP contribution is -2.45. The average molecular weight is 158 g/mol. The third-order valence-corrected chi connectivity index (χ3v) is 2.03. The molecule has 2 unspecified atom stereocenters. The van der Waals surface area contributed by atoms with Gasteiger partial charge in [0.1, 0.15) is 25.7 Å². The van der Waals surface area contributed by atoms with Crippen molar-refractivity contribution in [1.29, 1.82) is 0 Å². The fourth-order valence-corrected chi connectivity index (χ4v) is 1.09. The van der Waals surface area contributed by atoms with Gasteiger partial charge in [-0.15, -0.1) is 0 Å². The van der Waals surface area contributed by atoms with E-state index in [0.29, 0.717) is 0 Å². The molecule has 0 saturated carbocycles. The predicted molar refractivity (Wildman–Crippen MR) is 38.1 cm³/mol. The molecule has 1 rings (SSSR count). The van der Waals surface area contributed by atoms with Crippen LogP contribution in [0, 0.1) is 0 Å². The van der Waals surface area contributed by atoms with E-state index in [1.807, 2.05) is 0 Å². The Bertz CT molecular complexity index is 150. The van der Waals surface area contributed by atoms with E-state index in [2.05, 4.69) is 0 Å². The first-order valence-corrected chi connectivity index (χ1v) is 3.42. The Morgan fingerprint density at radius 2 is 2.18 bits per heavy atom. The summed E-state index contributed by atoms with van der Waals surface area (Å²) in [5, 5.41) is 27.3. The highest BCUT2D eigenvalue weighted by Gasteiger charge is 2.48. The molecule has 4 nitrogen and oxygen atoms in total. The minimum Gasteiger partial charge on any atom is -0.394 e. The van der Waals surface area contributed by atoms with Crippen LogP contribution in [0.25, 0.3) is 0 Å². The van der Waals surface area contributed by atoms with Crippen molar-refractivity contribution in [1.82, 2.24) is 0 Å². The predicted octanol–water partition coefficient (Wildman–Crippen LogP) is -2.02. The molecular weight excluding hydrogens is 147 g/mol. The van der Waals surface area contributed by atoms with Gasteiger partial charge in [-0.1, -0.05) is 0 Å². The number of ether oxygens (including phenoxy) is 1. The highest BCUT2D eigenvalue weighted by atomic mass is 16.6. The Balaban J connectivity index is 2.71. The molecule has 0 aromatic rings. The minimum absolute atomic E-state index is 0.342. The van der Waals surface area contributed by atoms with Gasteiger partial charge in [-0.2, -0.15) is 0 Å². The molecule has 0 aromatic carbocycles. The number of hydrogen-bond acceptors (Lipinski definition) is 4. The van der Waals surface area contributed by atoms with Gasteiger partial charge in [-0.25, -0.2) is 0 Å². The summed E-state index contributed by atoms with van der Waals surface area (Å²) < 4.78 is 4.87. The third kappa shape index (κ3) is 1.29. The van der Waals surface area contributed by atoms with E-state index in [0.717, 1.165) is 0 Å². The van der Waals surface area contributed by atoms with Crippen LogP contribution in [0.15, 0.2) is 0 Å². The first kappa shape index (κ1) is 9.00. The Hall–Kier alpha value is -0.0951. The van der Waals surface area contributed by atoms with Gasteiger partial charge >= 0.3 is 0 Å². The number of aliphatic hydroxyl groups is 3. The van der Waals surface area contributed by atoms with Crippen molar-refractivity contribution >= 4 is 7.85 Å². The quantitative estimate of drug-likeness (QED) is 0.385. The molecule has 0 bridgehead atoms. The smallest absolute Gasteiger partial charge is 0.113 e. The van der Waals surface area contributed by atoms with Gasteiger partial charge in [0.15, 0.2) is 0 Å². The number of hydrogen-bond donors (Lipinski definition) is 3. The molecule has 0 aromatic heterocycles. The molecule has 1 aliphatic rings. The molecule has 5 heteroatoms. The van der Waals surface area contributed by atoms with Gasteiger partial charge in [0.2, 0.25) is 0 Å². The van der Waals surface area contributed by atoms with Crippen molar-refractivity contribution < 1.29 is 20.1 Å². The Labute approximate surface area is 66.2 Å². The molecule has 0 aliphatic carbocycles. The summed E-state index contributed by atoms with van der Waals surface area (Å²) in [6, 6.07) is -0.936. The van der Waals surface area contributed by atoms with Crippen LogP contribution in [0.5, 0.6) is 0 Å². The lowest BCUT2D eigenvalue weighted by atomic mass is 9.82. The summed E-state index contributed by atoms with van der Waals surface area (Å²) in [6.07, 6.45) is -1.90. The summed E-state index contributed by atoms with van der Waals surface area (Å²) in [5.41, 5.74) is -1.46. The molecule has 11 heavy (non-hydrogen) atoms. The molecular formula is C6H11BO4. The zero-order valence-electron chi connectivity index (χ0n) is 6.27. The average Bonchev–Trinajstić information content (AvgIpc) is 2.14. The molecule has 1 heterocycles. The van der Waals surface area contributed by atoms with Crippen molar-refractivity contribution in [2.24, 2.45) is 0 Å². The van der Waals surface area contributed by atoms with Gasteiger partial charge in [0.25, 0.3) is 0 Å². The molecule has 1 saturated heterocycles. The van der Waals surface area contributed by atoms with Crippen molar-refractivity contribution in [3.05, 3.63) is 0 Å². The number of rotatable bonds is 1. The second-order valence-electron chi connectivity index (χ2n) is 2.95. The lowest BCUT2D eigenvalue weighted by Gasteiger charge is -2.24. The molecule has 1 aliphatic heterocycles. The summed E-state index contributed by atoms with van der Waals surface area (Å²) in [4.78, 5) is 0. The third-order valence-electron chi connectivity index (χ3n) is 2.03. The van der Waals surface area contributed by atoms with E-state index in [9.17, 15) is 10.2 Å². The molecule has 3 N–H and O–H groups in total. The zero-order chi connectivity index (χ0) is 8.65. The van der Waals surface area contributed by atoms with Crippen LogP contribution in [-0.2, 0) is 4.74 Å². The van der Waals surface area contributed by atoms with Crippen molar-refractivity contribution in [3.63, 3.8) is 0 Å². The molecule has 62 valence electrons. The topological polar surface area (TPSA) is 69.9 Å². The Kier molecular flexibility index (Phi) is 2.25. The largest absolute Gasteiger partial charge is 0.394 e. The Morgan fingerprint density at radius 3 is 2.36 bits per heavy atom. The monoisotopic (exact) mass is 158 g/mol. The van der Waals surface area contributed by atoms with Gasteiger partial charge in [-0.05, 0) is 6.92 Å². The highest BCUT2D eigenvalue weighted by Crippen LogP contribution is 2.28. The normalized spacial score (nSPS) is 51.5. The maximum Gasteiger partial charge on any atom is 0.113 e. The van der Waals surface area contributed by atoms with E-state index in [1.54, 1.807) is 0 Å². The molecule has 1 fully saturated rings. The fraction of sp³-hybridized carbons (Fsp3) is 1.00. The second kappa shape index (κ2) is 2.75. The van der Waals surface area contributed by atoms with E-state index < -0.39 is 23.8 Å². The van der Waals surface area contributed by atoms with Crippen LogP contribution < -0.4 is 0 Å². The summed E-state index contributed by atoms with van der Waals surface area (Å²) in [7, 11) is 5.33. The maximum absolute atomic E-state index is 9.42. The fourth-order valence-electron chi connectivity index (χ4n) is 1.09. The molecule has 0 amide bonds. The van der Waals surface area contributed by atoms with Crippen LogP contribution in [0.1, 0.15) is 6.92 Å². The van der Waals surface area contributed by atoms with Crippen LogP contribution in [-0.4, -0.2) is 53.6 Å². The number of aliphatic hydroxyl groups excluding tert-OH is 2. The lowest BCUT2D eigenvalue weighted by molar-refractivity contribution is -0.0467. The molecule has 0 spiro atoms. The van der Waals surface area contributed by atoms with Gasteiger partial charge < -0.3 is 20.1 Å². The van der Waals surface area contributed by atoms with Gasteiger partial charge in [0.05, 0.1) is 6.61 Å². The minimum atomic E-state index is -1.46. The van der Waals surface area contributed by atoms with Crippen LogP contribution in [0.4, 0.5) is 0 Å². The van der Waals surface area contributed by atoms with E-state index in [4.69, 9.17) is 17.7 Å². The zero-order valence-corrected chi connectivity index (χ0v) is 6.27. The van der Waals surface area contributed by atoms with Crippen LogP contribution >= 0.6 is 0 Å². The molecule has 4 atom stereocenters. The Morgan fingerprint density at radius 1 is 1.64 bits per heavy atom. The van der Waals surface area contributed by atoms with Gasteiger partial charge in [0, 0.05) is 6.00 Å². The summed E-state index contributed by atoms with van der Waals surface area (Å²) >= 11 is 0. The second-order valence-corrected chi connectivity index (χ2v) is 2.95. The van der Waals surface area contributed by atoms with Crippen LogP contribution in [0.3, 0.4) is 0 Å². The molecule has 2 radical (unpaired) electrons. The van der Waals surface area contributed by atoms with E-state index >= 15 is 0 Å². The first-order chi connectivity index (χ1) is 5.00. The standard InChI is InChI=1S/C6H11BO4/c1-6(10)4(9)3(2-8)11-5(6)7/h3-5,8-10H,2H2,1H3/t3-,4?,5-,6?/m1/s1. The SMILES string of the molecule is [B][C@@H]1O[C@H](CO)C(O)C1(C)O. The summed E-state index contributed by atoms with van der Waals surface area (Å²) in [6.45, 7) is 1.03. The van der Waals surface area contributed by atoms with E-state index in [1.165, 1.54) is 6.92 Å². The first-order valence-electron chi connectivity index (χ1n) is 3.42. The maximum atomic E-state index is 9.42. The van der Waals surface area contributed by atoms with Gasteiger partial charge in [-0.3, -0.25) is 0 Å². The van der Waals surface area contributed by atoms with E-state index in [-0.39, 0.29) is 6.61 Å². The highest BCUT2D eigenvalue weighted by molar-refractivity contribution is 6.12. The van der Waals surface area contributed by atoms with Crippen molar-refractivity contribution in [2.45, 2.75) is 30.7 Å². The van der Waals surface area contributed by atoms with Crippen molar-refractivity contribution in [3.8, 4) is 0 Å².